The third-order valence-electron chi connectivity index (χ3n) is 3.89. The summed E-state index contributed by atoms with van der Waals surface area (Å²) >= 11 is 5.86. The number of benzene rings is 1. The third kappa shape index (κ3) is 2.41. The van der Waals surface area contributed by atoms with Crippen LogP contribution < -0.4 is 0 Å². The van der Waals surface area contributed by atoms with Gasteiger partial charge in [-0.2, -0.15) is 0 Å². The molecule has 0 aliphatic heterocycles. The van der Waals surface area contributed by atoms with E-state index >= 15 is 0 Å². The van der Waals surface area contributed by atoms with E-state index in [1.54, 1.807) is 0 Å². The molecule has 0 amide bonds. The second kappa shape index (κ2) is 4.77. The molecule has 1 saturated carbocycles. The summed E-state index contributed by atoms with van der Waals surface area (Å²) in [5.74, 6) is 0.799. The second-order valence-electron chi connectivity index (χ2n) is 4.89. The predicted octanol–water partition coefficient (Wildman–Crippen LogP) is 4.13. The minimum absolute atomic E-state index is 0.615. The fraction of sp³-hybridized carbons (Fsp3) is 0.571. The largest absolute Gasteiger partial charge is 0.385 e. The summed E-state index contributed by atoms with van der Waals surface area (Å²) in [5.41, 5.74) is 0.405. The third-order valence-corrected chi connectivity index (χ3v) is 4.14. The van der Waals surface area contributed by atoms with Crippen LogP contribution in [0.4, 0.5) is 0 Å². The van der Waals surface area contributed by atoms with Gasteiger partial charge in [-0.1, -0.05) is 37.1 Å². The molecule has 0 radical (unpaired) electrons. The van der Waals surface area contributed by atoms with E-state index in [1.807, 2.05) is 24.3 Å². The molecule has 1 aromatic rings. The Morgan fingerprint density at radius 2 is 1.81 bits per heavy atom. The van der Waals surface area contributed by atoms with E-state index in [-0.39, 0.29) is 0 Å². The van der Waals surface area contributed by atoms with Gasteiger partial charge in [-0.15, -0.1) is 0 Å². The highest BCUT2D eigenvalue weighted by atomic mass is 35.5. The maximum absolute atomic E-state index is 10.6. The highest BCUT2D eigenvalue weighted by Gasteiger charge is 2.33. The molecule has 16 heavy (non-hydrogen) atoms. The van der Waals surface area contributed by atoms with E-state index in [4.69, 9.17) is 11.6 Å². The quantitative estimate of drug-likeness (QED) is 0.822. The Morgan fingerprint density at radius 3 is 2.31 bits per heavy atom. The van der Waals surface area contributed by atoms with E-state index in [1.165, 1.54) is 6.42 Å². The normalized spacial score (nSPS) is 30.3. The van der Waals surface area contributed by atoms with Crippen molar-refractivity contribution in [3.63, 3.8) is 0 Å². The van der Waals surface area contributed by atoms with E-state index < -0.39 is 5.60 Å². The molecule has 1 aliphatic carbocycles. The van der Waals surface area contributed by atoms with Gasteiger partial charge >= 0.3 is 0 Å². The van der Waals surface area contributed by atoms with Gasteiger partial charge in [0.15, 0.2) is 0 Å². The lowest BCUT2D eigenvalue weighted by molar-refractivity contribution is -0.0145. The summed E-state index contributed by atoms with van der Waals surface area (Å²) in [6.45, 7) is 2.23. The monoisotopic (exact) mass is 238 g/mol. The smallest absolute Gasteiger partial charge is 0.0896 e. The van der Waals surface area contributed by atoms with Crippen LogP contribution in [0.15, 0.2) is 24.3 Å². The molecule has 1 N–H and O–H groups in total. The van der Waals surface area contributed by atoms with Crippen molar-refractivity contribution in [3.05, 3.63) is 34.9 Å². The van der Waals surface area contributed by atoms with Crippen LogP contribution >= 0.6 is 11.6 Å². The fourth-order valence-electron chi connectivity index (χ4n) is 2.61. The van der Waals surface area contributed by atoms with Crippen LogP contribution in [0.2, 0.25) is 5.02 Å². The van der Waals surface area contributed by atoms with Crippen molar-refractivity contribution in [1.82, 2.24) is 0 Å². The number of hydrogen-bond acceptors (Lipinski definition) is 1. The minimum Gasteiger partial charge on any atom is -0.385 e. The average molecular weight is 239 g/mol. The zero-order valence-electron chi connectivity index (χ0n) is 9.75. The maximum Gasteiger partial charge on any atom is 0.0896 e. The lowest BCUT2D eigenvalue weighted by atomic mass is 9.74. The van der Waals surface area contributed by atoms with Gasteiger partial charge in [0.05, 0.1) is 5.60 Å². The Bertz CT molecular complexity index is 336. The van der Waals surface area contributed by atoms with Crippen LogP contribution in [-0.2, 0) is 5.60 Å². The van der Waals surface area contributed by atoms with Crippen LogP contribution in [0, 0.1) is 5.92 Å². The van der Waals surface area contributed by atoms with E-state index in [2.05, 4.69) is 6.92 Å². The van der Waals surface area contributed by atoms with Crippen molar-refractivity contribution in [2.75, 3.05) is 0 Å². The molecule has 1 aromatic carbocycles. The molecule has 2 rings (SSSR count). The van der Waals surface area contributed by atoms with E-state index in [0.717, 1.165) is 42.2 Å². The van der Waals surface area contributed by atoms with Crippen molar-refractivity contribution in [2.45, 2.75) is 44.6 Å². The zero-order valence-corrected chi connectivity index (χ0v) is 10.5. The predicted molar refractivity (Wildman–Crippen MR) is 67.6 cm³/mol. The number of rotatable bonds is 2. The Balaban J connectivity index is 2.11. The molecule has 0 spiro atoms. The second-order valence-corrected chi connectivity index (χ2v) is 5.33. The zero-order chi connectivity index (χ0) is 11.6. The van der Waals surface area contributed by atoms with Gasteiger partial charge in [-0.05, 0) is 49.3 Å². The highest BCUT2D eigenvalue weighted by Crippen LogP contribution is 2.40. The summed E-state index contributed by atoms with van der Waals surface area (Å²) in [4.78, 5) is 0. The standard InChI is InChI=1S/C14H19ClO/c1-2-11-7-9-14(16,10-8-11)12-3-5-13(15)6-4-12/h3-6,11,16H,2,7-10H2,1H3. The average Bonchev–Trinajstić information content (AvgIpc) is 2.31. The van der Waals surface area contributed by atoms with Crippen molar-refractivity contribution in [2.24, 2.45) is 5.92 Å². The Kier molecular flexibility index (Phi) is 3.56. The molecular formula is C14H19ClO. The SMILES string of the molecule is CCC1CCC(O)(c2ccc(Cl)cc2)CC1. The molecule has 88 valence electrons. The summed E-state index contributed by atoms with van der Waals surface area (Å²) < 4.78 is 0. The first kappa shape index (κ1) is 11.9. The van der Waals surface area contributed by atoms with Crippen molar-refractivity contribution in [3.8, 4) is 0 Å². The van der Waals surface area contributed by atoms with Gasteiger partial charge < -0.3 is 5.11 Å². The minimum atomic E-state index is -0.615. The van der Waals surface area contributed by atoms with E-state index in [9.17, 15) is 5.11 Å². The van der Waals surface area contributed by atoms with Crippen LogP contribution in [0.5, 0.6) is 0 Å². The molecule has 1 fully saturated rings. The molecule has 0 bridgehead atoms. The Hall–Kier alpha value is -0.530. The number of halogens is 1. The van der Waals surface area contributed by atoms with Crippen LogP contribution in [0.25, 0.3) is 0 Å². The van der Waals surface area contributed by atoms with Crippen molar-refractivity contribution >= 4 is 11.6 Å². The molecule has 1 aliphatic rings. The van der Waals surface area contributed by atoms with Gasteiger partial charge in [-0.3, -0.25) is 0 Å². The first-order valence-corrected chi connectivity index (χ1v) is 6.50. The van der Waals surface area contributed by atoms with Crippen LogP contribution in [-0.4, -0.2) is 5.11 Å². The molecule has 0 saturated heterocycles. The summed E-state index contributed by atoms with van der Waals surface area (Å²) in [5, 5.41) is 11.3. The first-order chi connectivity index (χ1) is 7.64. The maximum atomic E-state index is 10.6. The van der Waals surface area contributed by atoms with Gasteiger partial charge in [0.1, 0.15) is 0 Å². The number of aliphatic hydroxyl groups is 1. The summed E-state index contributed by atoms with van der Waals surface area (Å²) in [7, 11) is 0. The van der Waals surface area contributed by atoms with Gasteiger partial charge in [0.25, 0.3) is 0 Å². The lowest BCUT2D eigenvalue weighted by Crippen LogP contribution is -2.31. The topological polar surface area (TPSA) is 20.2 Å². The first-order valence-electron chi connectivity index (χ1n) is 6.12. The van der Waals surface area contributed by atoms with Gasteiger partial charge in [-0.25, -0.2) is 0 Å². The molecule has 1 nitrogen and oxygen atoms in total. The summed E-state index contributed by atoms with van der Waals surface area (Å²) in [6, 6.07) is 7.63. The summed E-state index contributed by atoms with van der Waals surface area (Å²) in [6.07, 6.45) is 5.27. The van der Waals surface area contributed by atoms with Gasteiger partial charge in [0, 0.05) is 5.02 Å². The number of hydrogen-bond donors (Lipinski definition) is 1. The fourth-order valence-corrected chi connectivity index (χ4v) is 2.74. The molecule has 0 atom stereocenters. The molecule has 0 heterocycles. The molecular weight excluding hydrogens is 220 g/mol. The Labute approximate surface area is 102 Å². The Morgan fingerprint density at radius 1 is 1.25 bits per heavy atom. The van der Waals surface area contributed by atoms with Crippen molar-refractivity contribution in [1.29, 1.82) is 0 Å². The lowest BCUT2D eigenvalue weighted by Gasteiger charge is -2.36. The van der Waals surface area contributed by atoms with Crippen LogP contribution in [0.1, 0.15) is 44.6 Å². The van der Waals surface area contributed by atoms with Crippen molar-refractivity contribution < 1.29 is 5.11 Å². The van der Waals surface area contributed by atoms with Gasteiger partial charge in [0.2, 0.25) is 0 Å². The molecule has 0 unspecified atom stereocenters. The molecule has 2 heteroatoms. The highest BCUT2D eigenvalue weighted by molar-refractivity contribution is 6.30. The molecule has 0 aromatic heterocycles. The van der Waals surface area contributed by atoms with Crippen LogP contribution in [0.3, 0.4) is 0 Å². The van der Waals surface area contributed by atoms with E-state index in [0.29, 0.717) is 0 Å².